The number of para-hydroxylation sites is 1. The van der Waals surface area contributed by atoms with Gasteiger partial charge in [0.05, 0.1) is 23.3 Å². The van der Waals surface area contributed by atoms with Crippen molar-refractivity contribution in [3.05, 3.63) is 66.2 Å². The number of nitrogens with zero attached hydrogens (tertiary/aromatic N) is 3. The van der Waals surface area contributed by atoms with E-state index in [1.807, 2.05) is 67.6 Å². The molecule has 2 heterocycles. The molecule has 0 N–H and O–H groups in total. The number of pyridine rings is 1. The average molecular weight is 315 g/mol. The lowest BCUT2D eigenvalue weighted by Crippen LogP contribution is -2.33. The number of rotatable bonds is 2. The molecule has 0 aliphatic carbocycles. The van der Waals surface area contributed by atoms with Crippen molar-refractivity contribution in [2.75, 3.05) is 13.1 Å². The lowest BCUT2D eigenvalue weighted by atomic mass is 10.0. The Hall–Kier alpha value is -3.01. The van der Waals surface area contributed by atoms with Crippen molar-refractivity contribution in [1.29, 1.82) is 0 Å². The predicted molar refractivity (Wildman–Crippen MR) is 96.2 cm³/mol. The van der Waals surface area contributed by atoms with Gasteiger partial charge in [0, 0.05) is 17.5 Å². The molecule has 0 fully saturated rings. The van der Waals surface area contributed by atoms with Crippen molar-refractivity contribution >= 4 is 22.6 Å². The van der Waals surface area contributed by atoms with Crippen molar-refractivity contribution in [1.82, 2.24) is 9.88 Å². The third-order valence-corrected chi connectivity index (χ3v) is 4.32. The fourth-order valence-corrected chi connectivity index (χ4v) is 3.06. The maximum Gasteiger partial charge on any atom is 0.259 e. The zero-order valence-corrected chi connectivity index (χ0v) is 13.4. The molecule has 118 valence electrons. The summed E-state index contributed by atoms with van der Waals surface area (Å²) >= 11 is 0. The van der Waals surface area contributed by atoms with Gasteiger partial charge in [0.15, 0.2) is 0 Å². The van der Waals surface area contributed by atoms with Crippen LogP contribution in [0.4, 0.5) is 0 Å². The van der Waals surface area contributed by atoms with E-state index in [1.54, 1.807) is 4.90 Å². The summed E-state index contributed by atoms with van der Waals surface area (Å²) < 4.78 is 0. The normalized spacial score (nSPS) is 14.0. The number of hydrogen-bond acceptors (Lipinski definition) is 3. The highest BCUT2D eigenvalue weighted by Gasteiger charge is 2.24. The van der Waals surface area contributed by atoms with Crippen LogP contribution in [0.2, 0.25) is 0 Å². The smallest absolute Gasteiger partial charge is 0.259 e. The first-order valence-corrected chi connectivity index (χ1v) is 8.02. The number of amides is 1. The van der Waals surface area contributed by atoms with Crippen molar-refractivity contribution in [2.24, 2.45) is 4.99 Å². The minimum absolute atomic E-state index is 0.00969. The fourth-order valence-electron chi connectivity index (χ4n) is 3.06. The maximum atomic E-state index is 13.1. The van der Waals surface area contributed by atoms with Crippen molar-refractivity contribution in [3.8, 4) is 11.3 Å². The zero-order chi connectivity index (χ0) is 16.5. The Morgan fingerprint density at radius 1 is 1.04 bits per heavy atom. The molecule has 0 bridgehead atoms. The zero-order valence-electron chi connectivity index (χ0n) is 13.4. The van der Waals surface area contributed by atoms with Crippen LogP contribution < -0.4 is 0 Å². The molecule has 4 rings (SSSR count). The molecule has 0 spiro atoms. The quantitative estimate of drug-likeness (QED) is 0.722. The third kappa shape index (κ3) is 2.46. The number of hydrogen-bond donors (Lipinski definition) is 0. The Labute approximate surface area is 140 Å². The number of carbonyl (C=O) groups is 1. The number of carbonyl (C=O) groups excluding carboxylic acids is 1. The lowest BCUT2D eigenvalue weighted by molar-refractivity contribution is 0.0859. The Kier molecular flexibility index (Phi) is 3.58. The van der Waals surface area contributed by atoms with Gasteiger partial charge in [-0.15, -0.1) is 0 Å². The summed E-state index contributed by atoms with van der Waals surface area (Å²) in [6.07, 6.45) is 0. The van der Waals surface area contributed by atoms with Crippen molar-refractivity contribution in [3.63, 3.8) is 0 Å². The molecule has 4 nitrogen and oxygen atoms in total. The molecule has 0 unspecified atom stereocenters. The second kappa shape index (κ2) is 5.89. The highest BCUT2D eigenvalue weighted by atomic mass is 16.2. The van der Waals surface area contributed by atoms with E-state index >= 15 is 0 Å². The van der Waals surface area contributed by atoms with Crippen LogP contribution in [0.3, 0.4) is 0 Å². The van der Waals surface area contributed by atoms with E-state index in [2.05, 4.69) is 4.99 Å². The van der Waals surface area contributed by atoms with Crippen LogP contribution >= 0.6 is 0 Å². The van der Waals surface area contributed by atoms with E-state index in [0.717, 1.165) is 28.0 Å². The van der Waals surface area contributed by atoms with Crippen LogP contribution in [0.15, 0.2) is 65.7 Å². The van der Waals surface area contributed by atoms with Crippen LogP contribution in [0.25, 0.3) is 22.2 Å². The summed E-state index contributed by atoms with van der Waals surface area (Å²) in [5, 5.41) is 0.877. The van der Waals surface area contributed by atoms with E-state index in [-0.39, 0.29) is 5.91 Å². The number of aromatic nitrogens is 1. The molecule has 0 radical (unpaired) electrons. The molecule has 1 aliphatic heterocycles. The molecule has 1 aliphatic rings. The monoisotopic (exact) mass is 315 g/mol. The van der Waals surface area contributed by atoms with Gasteiger partial charge in [0.25, 0.3) is 5.91 Å². The molecular weight excluding hydrogens is 298 g/mol. The average Bonchev–Trinajstić information content (AvgIpc) is 3.07. The SMILES string of the molecule is CC1=NCCN1C(=O)c1cc(-c2ccccc2)nc2ccccc12. The summed E-state index contributed by atoms with van der Waals surface area (Å²) in [7, 11) is 0. The highest BCUT2D eigenvalue weighted by Crippen LogP contribution is 2.26. The third-order valence-electron chi connectivity index (χ3n) is 4.32. The van der Waals surface area contributed by atoms with Crippen LogP contribution in [0.1, 0.15) is 17.3 Å². The molecular formula is C20H17N3O. The van der Waals surface area contributed by atoms with Gasteiger partial charge < -0.3 is 0 Å². The van der Waals surface area contributed by atoms with Crippen LogP contribution in [-0.4, -0.2) is 34.7 Å². The molecule has 1 amide bonds. The topological polar surface area (TPSA) is 45.6 Å². The molecule has 4 heteroatoms. The van der Waals surface area contributed by atoms with Gasteiger partial charge in [-0.25, -0.2) is 4.98 Å². The standard InChI is InChI=1S/C20H17N3O/c1-14-21-11-12-23(14)20(24)17-13-19(15-7-3-2-4-8-15)22-18-10-6-5-9-16(17)18/h2-10,13H,11-12H2,1H3. The van der Waals surface area contributed by atoms with Crippen LogP contribution in [-0.2, 0) is 0 Å². The maximum absolute atomic E-state index is 13.1. The largest absolute Gasteiger partial charge is 0.295 e. The van der Waals surface area contributed by atoms with Gasteiger partial charge >= 0.3 is 0 Å². The van der Waals surface area contributed by atoms with Crippen LogP contribution in [0, 0.1) is 0 Å². The van der Waals surface area contributed by atoms with E-state index < -0.39 is 0 Å². The van der Waals surface area contributed by atoms with Crippen molar-refractivity contribution < 1.29 is 4.79 Å². The van der Waals surface area contributed by atoms with Gasteiger partial charge in [0.2, 0.25) is 0 Å². The first kappa shape index (κ1) is 14.6. The fraction of sp³-hybridized carbons (Fsp3) is 0.150. The minimum atomic E-state index is -0.00969. The van der Waals surface area contributed by atoms with E-state index in [4.69, 9.17) is 4.98 Å². The van der Waals surface area contributed by atoms with Gasteiger partial charge in [-0.3, -0.25) is 14.7 Å². The van der Waals surface area contributed by atoms with E-state index in [1.165, 1.54) is 0 Å². The predicted octanol–water partition coefficient (Wildman–Crippen LogP) is 3.78. The summed E-state index contributed by atoms with van der Waals surface area (Å²) in [4.78, 5) is 23.9. The summed E-state index contributed by atoms with van der Waals surface area (Å²) in [5.41, 5.74) is 3.32. The highest BCUT2D eigenvalue weighted by molar-refractivity contribution is 6.13. The molecule has 0 saturated heterocycles. The molecule has 1 aromatic heterocycles. The van der Waals surface area contributed by atoms with Gasteiger partial charge in [-0.2, -0.15) is 0 Å². The Bertz CT molecular complexity index is 948. The number of fused-ring (bicyclic) bond motifs is 1. The summed E-state index contributed by atoms with van der Waals surface area (Å²) in [6, 6.07) is 19.6. The van der Waals surface area contributed by atoms with Gasteiger partial charge in [0.1, 0.15) is 5.84 Å². The Morgan fingerprint density at radius 2 is 1.79 bits per heavy atom. The molecule has 0 atom stereocenters. The molecule has 3 aromatic rings. The van der Waals surface area contributed by atoms with Gasteiger partial charge in [-0.1, -0.05) is 48.5 Å². The van der Waals surface area contributed by atoms with Crippen LogP contribution in [0.5, 0.6) is 0 Å². The molecule has 0 saturated carbocycles. The Balaban J connectivity index is 1.90. The first-order valence-electron chi connectivity index (χ1n) is 8.02. The second-order valence-electron chi connectivity index (χ2n) is 5.82. The minimum Gasteiger partial charge on any atom is -0.295 e. The first-order chi connectivity index (χ1) is 11.7. The number of amidine groups is 1. The summed E-state index contributed by atoms with van der Waals surface area (Å²) in [6.45, 7) is 3.19. The number of benzene rings is 2. The van der Waals surface area contributed by atoms with Gasteiger partial charge in [-0.05, 0) is 19.1 Å². The van der Waals surface area contributed by atoms with E-state index in [9.17, 15) is 4.79 Å². The Morgan fingerprint density at radius 3 is 2.54 bits per heavy atom. The lowest BCUT2D eigenvalue weighted by Gasteiger charge is -2.18. The van der Waals surface area contributed by atoms with Crippen molar-refractivity contribution in [2.45, 2.75) is 6.92 Å². The molecule has 2 aromatic carbocycles. The molecule has 24 heavy (non-hydrogen) atoms. The summed E-state index contributed by atoms with van der Waals surface area (Å²) in [5.74, 6) is 0.770. The number of aliphatic imine (C=N–C) groups is 1. The van der Waals surface area contributed by atoms with E-state index in [0.29, 0.717) is 18.7 Å². The second-order valence-corrected chi connectivity index (χ2v) is 5.82.